The van der Waals surface area contributed by atoms with Gasteiger partial charge in [0.15, 0.2) is 0 Å². The van der Waals surface area contributed by atoms with Crippen molar-refractivity contribution < 1.29 is 24.4 Å². The molecule has 0 amide bonds. The number of phosphoric acid groups is 1. The van der Waals surface area contributed by atoms with Crippen LogP contribution >= 0.6 is 7.82 Å². The van der Waals surface area contributed by atoms with Gasteiger partial charge in [0.2, 0.25) is 0 Å². The fourth-order valence-corrected chi connectivity index (χ4v) is 0.0645. The highest BCUT2D eigenvalue weighted by Crippen LogP contribution is 2.25. The summed E-state index contributed by atoms with van der Waals surface area (Å²) in [5.74, 6) is 4.73. The molecule has 8 heteroatoms. The lowest BCUT2D eigenvalue weighted by Crippen LogP contribution is -2.24. The van der Waals surface area contributed by atoms with Gasteiger partial charge in [0.1, 0.15) is 0 Å². The van der Waals surface area contributed by atoms with Gasteiger partial charge in [-0.15, -0.1) is 0 Å². The Bertz CT molecular complexity index is 91.6. The Labute approximate surface area is 57.7 Å². The van der Waals surface area contributed by atoms with Crippen LogP contribution in [0.25, 0.3) is 0 Å². The van der Waals surface area contributed by atoms with Crippen LogP contribution in [-0.4, -0.2) is 32.9 Å². The Morgan fingerprint density at radius 2 is 1.70 bits per heavy atom. The second-order valence-electron chi connectivity index (χ2n) is 1.19. The molecule has 0 aromatic heterocycles. The summed E-state index contributed by atoms with van der Waals surface area (Å²) >= 11 is 0. The van der Waals surface area contributed by atoms with Gasteiger partial charge in [-0.3, -0.25) is 11.3 Å². The first-order chi connectivity index (χ1) is 4.41. The van der Waals surface area contributed by atoms with E-state index in [1.165, 1.54) is 0 Å². The first kappa shape index (κ1) is 12.6. The zero-order chi connectivity index (χ0) is 8.62. The molecule has 7 N–H and O–H groups in total. The molecular formula is C2H11N2O5P. The van der Waals surface area contributed by atoms with E-state index in [0.29, 0.717) is 6.54 Å². The van der Waals surface area contributed by atoms with Crippen LogP contribution in [0.4, 0.5) is 0 Å². The molecule has 10 heavy (non-hydrogen) atoms. The molecule has 0 aromatic carbocycles. The van der Waals surface area contributed by atoms with Crippen LogP contribution in [0.2, 0.25) is 0 Å². The molecular weight excluding hydrogens is 163 g/mol. The third-order valence-electron chi connectivity index (χ3n) is 0.256. The van der Waals surface area contributed by atoms with Crippen molar-refractivity contribution in [2.24, 2.45) is 5.84 Å². The molecule has 0 fully saturated rings. The van der Waals surface area contributed by atoms with Crippen LogP contribution < -0.4 is 11.3 Å². The smallest absolute Gasteiger partial charge is 0.395 e. The van der Waals surface area contributed by atoms with Crippen molar-refractivity contribution in [2.75, 3.05) is 13.2 Å². The highest BCUT2D eigenvalue weighted by atomic mass is 31.2. The summed E-state index contributed by atoms with van der Waals surface area (Å²) in [6.45, 7) is 0.580. The molecule has 64 valence electrons. The van der Waals surface area contributed by atoms with Gasteiger partial charge >= 0.3 is 7.82 Å². The zero-order valence-electron chi connectivity index (χ0n) is 5.14. The Morgan fingerprint density at radius 3 is 1.70 bits per heavy atom. The van der Waals surface area contributed by atoms with E-state index in [2.05, 4.69) is 5.43 Å². The number of hydrazine groups is 1. The van der Waals surface area contributed by atoms with Gasteiger partial charge < -0.3 is 19.8 Å². The van der Waals surface area contributed by atoms with Crippen LogP contribution in [0.1, 0.15) is 0 Å². The molecule has 0 aliphatic carbocycles. The van der Waals surface area contributed by atoms with Gasteiger partial charge in [0.25, 0.3) is 0 Å². The first-order valence-corrected chi connectivity index (χ1v) is 3.81. The Hall–Kier alpha value is -0.0100. The number of nitrogens with two attached hydrogens (primary N) is 1. The van der Waals surface area contributed by atoms with Gasteiger partial charge in [-0.1, -0.05) is 0 Å². The maximum atomic E-state index is 8.88. The number of hydrogen-bond acceptors (Lipinski definition) is 4. The summed E-state index contributed by atoms with van der Waals surface area (Å²) in [6, 6.07) is 0. The third kappa shape index (κ3) is 98.6. The van der Waals surface area contributed by atoms with Crippen LogP contribution in [0, 0.1) is 0 Å². The van der Waals surface area contributed by atoms with E-state index in [9.17, 15) is 0 Å². The normalized spacial score (nSPS) is 10.1. The lowest BCUT2D eigenvalue weighted by atomic mass is 10.7. The standard InChI is InChI=1S/C2H8N2O.H3O4P/c3-4-1-2-5;1-5(2,3)4/h4-5H,1-3H2;(H3,1,2,3,4). The van der Waals surface area contributed by atoms with Crippen molar-refractivity contribution in [3.8, 4) is 0 Å². The van der Waals surface area contributed by atoms with E-state index >= 15 is 0 Å². The Kier molecular flexibility index (Phi) is 8.98. The molecule has 0 spiro atoms. The molecule has 0 rings (SSSR count). The van der Waals surface area contributed by atoms with Crippen molar-refractivity contribution >= 4 is 7.82 Å². The van der Waals surface area contributed by atoms with Gasteiger partial charge in [-0.2, -0.15) is 0 Å². The number of nitrogens with one attached hydrogen (secondary N) is 1. The maximum Gasteiger partial charge on any atom is 0.466 e. The summed E-state index contributed by atoms with van der Waals surface area (Å²) < 4.78 is 8.88. The van der Waals surface area contributed by atoms with Gasteiger partial charge in [-0.05, 0) is 0 Å². The van der Waals surface area contributed by atoms with Crippen molar-refractivity contribution in [1.29, 1.82) is 0 Å². The quantitative estimate of drug-likeness (QED) is 0.155. The molecule has 0 unspecified atom stereocenters. The lowest BCUT2D eigenvalue weighted by Gasteiger charge is -1.84. The second-order valence-corrected chi connectivity index (χ2v) is 2.22. The third-order valence-corrected chi connectivity index (χ3v) is 0.256. The second kappa shape index (κ2) is 7.10. The number of rotatable bonds is 2. The van der Waals surface area contributed by atoms with Crippen LogP contribution in [-0.2, 0) is 4.57 Å². The molecule has 7 nitrogen and oxygen atoms in total. The molecule has 0 aliphatic heterocycles. The van der Waals surface area contributed by atoms with E-state index in [4.69, 9.17) is 30.2 Å². The largest absolute Gasteiger partial charge is 0.466 e. The summed E-state index contributed by atoms with van der Waals surface area (Å²) in [6.07, 6.45) is 0. The fraction of sp³-hybridized carbons (Fsp3) is 1.00. The van der Waals surface area contributed by atoms with E-state index in [0.717, 1.165) is 0 Å². The summed E-state index contributed by atoms with van der Waals surface area (Å²) in [5, 5.41) is 7.92. The van der Waals surface area contributed by atoms with Crippen LogP contribution in [0.5, 0.6) is 0 Å². The summed E-state index contributed by atoms with van der Waals surface area (Å²) in [5.41, 5.74) is 2.27. The first-order valence-electron chi connectivity index (χ1n) is 2.24. The van der Waals surface area contributed by atoms with Crippen molar-refractivity contribution in [2.45, 2.75) is 0 Å². The summed E-state index contributed by atoms with van der Waals surface area (Å²) in [4.78, 5) is 21.6. The molecule has 0 heterocycles. The monoisotopic (exact) mass is 174 g/mol. The summed E-state index contributed by atoms with van der Waals surface area (Å²) in [7, 11) is -4.64. The van der Waals surface area contributed by atoms with E-state index in [-0.39, 0.29) is 6.61 Å². The zero-order valence-corrected chi connectivity index (χ0v) is 6.03. The average Bonchev–Trinajstić information content (AvgIpc) is 1.63. The molecule has 0 atom stereocenters. The molecule has 0 saturated heterocycles. The predicted octanol–water partition coefficient (Wildman–Crippen LogP) is -2.49. The van der Waals surface area contributed by atoms with Crippen molar-refractivity contribution in [3.63, 3.8) is 0 Å². The van der Waals surface area contributed by atoms with Gasteiger partial charge in [0.05, 0.1) is 6.61 Å². The molecule has 0 bridgehead atoms. The highest BCUT2D eigenvalue weighted by molar-refractivity contribution is 7.45. The number of hydrogen-bond donors (Lipinski definition) is 6. The molecule has 0 radical (unpaired) electrons. The minimum absolute atomic E-state index is 0.108. The predicted molar refractivity (Wildman–Crippen MR) is 33.5 cm³/mol. The molecule has 0 aliphatic rings. The molecule has 0 aromatic rings. The maximum absolute atomic E-state index is 8.88. The van der Waals surface area contributed by atoms with Gasteiger partial charge in [0, 0.05) is 6.54 Å². The minimum atomic E-state index is -4.64. The van der Waals surface area contributed by atoms with E-state index in [1.807, 2.05) is 0 Å². The number of aliphatic hydroxyl groups excluding tert-OH is 1. The lowest BCUT2D eigenvalue weighted by molar-refractivity contribution is 0.275. The minimum Gasteiger partial charge on any atom is -0.395 e. The Morgan fingerprint density at radius 1 is 1.40 bits per heavy atom. The van der Waals surface area contributed by atoms with E-state index < -0.39 is 7.82 Å². The highest BCUT2D eigenvalue weighted by Gasteiger charge is 2.00. The topological polar surface area (TPSA) is 136 Å². The average molecular weight is 174 g/mol. The SMILES string of the molecule is NNCCO.O=P(O)(O)O. The fourth-order valence-electron chi connectivity index (χ4n) is 0.0645. The number of aliphatic hydroxyl groups is 1. The van der Waals surface area contributed by atoms with Crippen molar-refractivity contribution in [3.05, 3.63) is 0 Å². The Balaban J connectivity index is 0. The van der Waals surface area contributed by atoms with Crippen molar-refractivity contribution in [1.82, 2.24) is 5.43 Å². The molecule has 0 saturated carbocycles. The van der Waals surface area contributed by atoms with E-state index in [1.54, 1.807) is 0 Å². The van der Waals surface area contributed by atoms with Crippen LogP contribution in [0.3, 0.4) is 0 Å². The van der Waals surface area contributed by atoms with Crippen LogP contribution in [0.15, 0.2) is 0 Å². The van der Waals surface area contributed by atoms with Gasteiger partial charge in [-0.25, -0.2) is 4.57 Å².